The highest BCUT2D eigenvalue weighted by Crippen LogP contribution is 2.18. The van der Waals surface area contributed by atoms with Gasteiger partial charge in [0.15, 0.2) is 0 Å². The minimum absolute atomic E-state index is 0.298. The van der Waals surface area contributed by atoms with E-state index in [0.29, 0.717) is 10.9 Å². The molecule has 0 unspecified atom stereocenters. The number of hydrogen-bond acceptors (Lipinski definition) is 3. The zero-order valence-corrected chi connectivity index (χ0v) is 12.8. The average Bonchev–Trinajstić information content (AvgIpc) is 2.39. The third kappa shape index (κ3) is 4.84. The molecule has 0 heterocycles. The van der Waals surface area contributed by atoms with E-state index in [2.05, 4.69) is 23.9 Å². The van der Waals surface area contributed by atoms with Crippen LogP contribution in [0.2, 0.25) is 0 Å². The molecule has 0 bridgehead atoms. The van der Waals surface area contributed by atoms with Crippen molar-refractivity contribution in [1.29, 1.82) is 0 Å². The SMILES string of the molecule is CCCC(CCC)Nc1cccc(S(=O)(=O)NC)c1. The van der Waals surface area contributed by atoms with Crippen molar-refractivity contribution in [3.8, 4) is 0 Å². The van der Waals surface area contributed by atoms with Crippen molar-refractivity contribution in [1.82, 2.24) is 4.72 Å². The first-order chi connectivity index (χ1) is 9.03. The van der Waals surface area contributed by atoms with Crippen LogP contribution in [0, 0.1) is 0 Å². The van der Waals surface area contributed by atoms with Gasteiger partial charge in [-0.3, -0.25) is 0 Å². The lowest BCUT2D eigenvalue weighted by atomic mass is 10.1. The fourth-order valence-corrected chi connectivity index (χ4v) is 2.87. The summed E-state index contributed by atoms with van der Waals surface area (Å²) in [6, 6.07) is 7.37. The van der Waals surface area contributed by atoms with Crippen LogP contribution >= 0.6 is 0 Å². The second-order valence-corrected chi connectivity index (χ2v) is 6.54. The van der Waals surface area contributed by atoms with Crippen molar-refractivity contribution in [3.05, 3.63) is 24.3 Å². The lowest BCUT2D eigenvalue weighted by molar-refractivity contribution is 0.584. The van der Waals surface area contributed by atoms with Gasteiger partial charge in [0.2, 0.25) is 10.0 Å². The maximum absolute atomic E-state index is 11.8. The molecule has 1 rings (SSSR count). The summed E-state index contributed by atoms with van der Waals surface area (Å²) in [5.41, 5.74) is 0.864. The molecule has 4 nitrogen and oxygen atoms in total. The van der Waals surface area contributed by atoms with Crippen LogP contribution in [0.15, 0.2) is 29.2 Å². The standard InChI is InChI=1S/C14H24N2O2S/c1-4-7-12(8-5-2)16-13-9-6-10-14(11-13)19(17,18)15-3/h6,9-12,15-16H,4-5,7-8H2,1-3H3. The fourth-order valence-electron chi connectivity index (χ4n) is 2.09. The Morgan fingerprint density at radius 1 is 1.16 bits per heavy atom. The highest BCUT2D eigenvalue weighted by Gasteiger charge is 2.12. The molecular weight excluding hydrogens is 260 g/mol. The summed E-state index contributed by atoms with van der Waals surface area (Å²) in [7, 11) is -1.95. The lowest BCUT2D eigenvalue weighted by Gasteiger charge is -2.19. The smallest absolute Gasteiger partial charge is 0.240 e. The van der Waals surface area contributed by atoms with E-state index in [4.69, 9.17) is 0 Å². The minimum atomic E-state index is -3.37. The van der Waals surface area contributed by atoms with Gasteiger partial charge in [0.25, 0.3) is 0 Å². The van der Waals surface area contributed by atoms with Crippen molar-refractivity contribution in [3.63, 3.8) is 0 Å². The summed E-state index contributed by atoms with van der Waals surface area (Å²) in [5.74, 6) is 0. The van der Waals surface area contributed by atoms with Gasteiger partial charge in [-0.2, -0.15) is 0 Å². The molecule has 19 heavy (non-hydrogen) atoms. The zero-order valence-electron chi connectivity index (χ0n) is 11.9. The molecule has 5 heteroatoms. The zero-order chi connectivity index (χ0) is 14.3. The molecule has 0 atom stereocenters. The van der Waals surface area contributed by atoms with Crippen molar-refractivity contribution in [2.45, 2.75) is 50.5 Å². The van der Waals surface area contributed by atoms with E-state index in [9.17, 15) is 8.42 Å². The highest BCUT2D eigenvalue weighted by atomic mass is 32.2. The summed E-state index contributed by atoms with van der Waals surface area (Å²) in [4.78, 5) is 0.298. The second kappa shape index (κ2) is 7.50. The number of benzene rings is 1. The quantitative estimate of drug-likeness (QED) is 0.771. The molecule has 1 aromatic rings. The van der Waals surface area contributed by atoms with Crippen molar-refractivity contribution in [2.75, 3.05) is 12.4 Å². The van der Waals surface area contributed by atoms with E-state index in [0.717, 1.165) is 31.4 Å². The predicted octanol–water partition coefficient (Wildman–Crippen LogP) is 2.98. The Balaban J connectivity index is 2.87. The Labute approximate surface area is 116 Å². The molecule has 2 N–H and O–H groups in total. The molecule has 0 saturated heterocycles. The molecule has 0 fully saturated rings. The van der Waals surface area contributed by atoms with E-state index < -0.39 is 10.0 Å². The van der Waals surface area contributed by atoms with Gasteiger partial charge in [0, 0.05) is 11.7 Å². The van der Waals surface area contributed by atoms with Crippen molar-refractivity contribution in [2.24, 2.45) is 0 Å². The van der Waals surface area contributed by atoms with Gasteiger partial charge in [0.1, 0.15) is 0 Å². The molecule has 0 aromatic heterocycles. The van der Waals surface area contributed by atoms with Gasteiger partial charge in [-0.1, -0.05) is 32.8 Å². The molecule has 0 aliphatic rings. The Kier molecular flexibility index (Phi) is 6.31. The van der Waals surface area contributed by atoms with Crippen LogP contribution in [0.1, 0.15) is 39.5 Å². The number of rotatable bonds is 8. The molecular formula is C14H24N2O2S. The van der Waals surface area contributed by atoms with E-state index in [1.165, 1.54) is 7.05 Å². The number of nitrogens with one attached hydrogen (secondary N) is 2. The van der Waals surface area contributed by atoms with Gasteiger partial charge in [0.05, 0.1) is 4.90 Å². The van der Waals surface area contributed by atoms with Crippen LogP contribution < -0.4 is 10.0 Å². The van der Waals surface area contributed by atoms with Crippen LogP contribution in [0.3, 0.4) is 0 Å². The van der Waals surface area contributed by atoms with Gasteiger partial charge in [-0.25, -0.2) is 13.1 Å². The van der Waals surface area contributed by atoms with E-state index in [1.54, 1.807) is 18.2 Å². The van der Waals surface area contributed by atoms with Crippen LogP contribution in [-0.2, 0) is 10.0 Å². The Bertz CT molecular complexity index is 480. The summed E-state index contributed by atoms with van der Waals surface area (Å²) in [5, 5.41) is 3.43. The Morgan fingerprint density at radius 3 is 2.32 bits per heavy atom. The van der Waals surface area contributed by atoms with Gasteiger partial charge in [-0.15, -0.1) is 0 Å². The number of hydrogen-bond donors (Lipinski definition) is 2. The van der Waals surface area contributed by atoms with E-state index >= 15 is 0 Å². The van der Waals surface area contributed by atoms with Crippen molar-refractivity contribution >= 4 is 15.7 Å². The van der Waals surface area contributed by atoms with Crippen LogP contribution in [0.5, 0.6) is 0 Å². The molecule has 0 spiro atoms. The minimum Gasteiger partial charge on any atom is -0.382 e. The molecule has 0 radical (unpaired) electrons. The van der Waals surface area contributed by atoms with Crippen LogP contribution in [0.25, 0.3) is 0 Å². The molecule has 0 aliphatic carbocycles. The first-order valence-electron chi connectivity index (χ1n) is 6.83. The van der Waals surface area contributed by atoms with Gasteiger partial charge < -0.3 is 5.32 Å². The second-order valence-electron chi connectivity index (χ2n) is 4.65. The maximum atomic E-state index is 11.8. The van der Waals surface area contributed by atoms with Crippen molar-refractivity contribution < 1.29 is 8.42 Å². The first-order valence-corrected chi connectivity index (χ1v) is 8.32. The lowest BCUT2D eigenvalue weighted by Crippen LogP contribution is -2.21. The average molecular weight is 284 g/mol. The monoisotopic (exact) mass is 284 g/mol. The van der Waals surface area contributed by atoms with E-state index in [1.807, 2.05) is 6.07 Å². The van der Waals surface area contributed by atoms with Crippen LogP contribution in [-0.4, -0.2) is 21.5 Å². The largest absolute Gasteiger partial charge is 0.382 e. The Morgan fingerprint density at radius 2 is 1.79 bits per heavy atom. The van der Waals surface area contributed by atoms with Gasteiger partial charge in [-0.05, 0) is 38.1 Å². The molecule has 0 aliphatic heterocycles. The van der Waals surface area contributed by atoms with E-state index in [-0.39, 0.29) is 0 Å². The van der Waals surface area contributed by atoms with Crippen LogP contribution in [0.4, 0.5) is 5.69 Å². The third-order valence-corrected chi connectivity index (χ3v) is 4.47. The first kappa shape index (κ1) is 16.0. The topological polar surface area (TPSA) is 58.2 Å². The number of sulfonamides is 1. The molecule has 0 amide bonds. The maximum Gasteiger partial charge on any atom is 0.240 e. The Hall–Kier alpha value is -1.07. The predicted molar refractivity (Wildman–Crippen MR) is 79.9 cm³/mol. The molecule has 1 aromatic carbocycles. The summed E-state index contributed by atoms with van der Waals surface area (Å²) >= 11 is 0. The molecule has 0 saturated carbocycles. The van der Waals surface area contributed by atoms with Gasteiger partial charge >= 0.3 is 0 Å². The normalized spacial score (nSPS) is 11.8. The summed E-state index contributed by atoms with van der Waals surface area (Å²) in [6.07, 6.45) is 4.42. The molecule has 108 valence electrons. The summed E-state index contributed by atoms with van der Waals surface area (Å²) < 4.78 is 25.8. The summed E-state index contributed by atoms with van der Waals surface area (Å²) in [6.45, 7) is 4.32. The third-order valence-electron chi connectivity index (χ3n) is 3.06. The fraction of sp³-hybridized carbons (Fsp3) is 0.571. The number of anilines is 1. The highest BCUT2D eigenvalue weighted by molar-refractivity contribution is 7.89.